The van der Waals surface area contributed by atoms with Crippen LogP contribution >= 0.6 is 0 Å². The summed E-state index contributed by atoms with van der Waals surface area (Å²) in [5, 5.41) is 4.45. The SMILES string of the molecule is CN=C(NCCCC(=O)N1Cc2ccccc2C1)N(C)Cc1cc2ccccc2o1. The summed E-state index contributed by atoms with van der Waals surface area (Å²) in [4.78, 5) is 20.8. The molecular formula is C24H28N4O2. The summed E-state index contributed by atoms with van der Waals surface area (Å²) >= 11 is 0. The lowest BCUT2D eigenvalue weighted by Crippen LogP contribution is -2.39. The van der Waals surface area contributed by atoms with Crippen LogP contribution in [0.3, 0.4) is 0 Å². The maximum Gasteiger partial charge on any atom is 0.223 e. The molecule has 0 spiro atoms. The molecule has 0 unspecified atom stereocenters. The minimum Gasteiger partial charge on any atom is -0.459 e. The number of fused-ring (bicyclic) bond motifs is 2. The number of aliphatic imine (C=N–C) groups is 1. The van der Waals surface area contributed by atoms with Gasteiger partial charge in [-0.1, -0.05) is 42.5 Å². The van der Waals surface area contributed by atoms with Crippen molar-refractivity contribution >= 4 is 22.8 Å². The molecule has 1 aliphatic heterocycles. The zero-order chi connectivity index (χ0) is 20.9. The first-order valence-corrected chi connectivity index (χ1v) is 10.4. The Labute approximate surface area is 177 Å². The molecule has 0 bridgehead atoms. The van der Waals surface area contributed by atoms with Crippen molar-refractivity contribution in [3.63, 3.8) is 0 Å². The number of nitrogens with one attached hydrogen (secondary N) is 1. The highest BCUT2D eigenvalue weighted by molar-refractivity contribution is 5.81. The first kappa shape index (κ1) is 20.0. The quantitative estimate of drug-likeness (QED) is 0.386. The smallest absolute Gasteiger partial charge is 0.223 e. The molecule has 0 aliphatic carbocycles. The van der Waals surface area contributed by atoms with Gasteiger partial charge >= 0.3 is 0 Å². The molecule has 0 atom stereocenters. The average Bonchev–Trinajstić information content (AvgIpc) is 3.37. The molecule has 1 amide bonds. The van der Waals surface area contributed by atoms with Gasteiger partial charge in [-0.05, 0) is 29.7 Å². The van der Waals surface area contributed by atoms with Gasteiger partial charge in [0.15, 0.2) is 5.96 Å². The largest absolute Gasteiger partial charge is 0.459 e. The van der Waals surface area contributed by atoms with E-state index in [2.05, 4.69) is 28.5 Å². The summed E-state index contributed by atoms with van der Waals surface area (Å²) in [7, 11) is 3.75. The Morgan fingerprint density at radius 1 is 1.13 bits per heavy atom. The third-order valence-electron chi connectivity index (χ3n) is 5.49. The maximum absolute atomic E-state index is 12.5. The molecule has 3 aromatic rings. The van der Waals surface area contributed by atoms with Gasteiger partial charge in [0, 0.05) is 45.5 Å². The Morgan fingerprint density at radius 3 is 2.53 bits per heavy atom. The van der Waals surface area contributed by atoms with Gasteiger partial charge in [0.2, 0.25) is 5.91 Å². The second-order valence-electron chi connectivity index (χ2n) is 7.70. The Hall–Kier alpha value is -3.28. The number of furan rings is 1. The molecule has 6 nitrogen and oxygen atoms in total. The zero-order valence-corrected chi connectivity index (χ0v) is 17.6. The van der Waals surface area contributed by atoms with Crippen molar-refractivity contribution in [1.29, 1.82) is 0 Å². The van der Waals surface area contributed by atoms with Crippen LogP contribution in [0.4, 0.5) is 0 Å². The number of hydrogen-bond donors (Lipinski definition) is 1. The van der Waals surface area contributed by atoms with Crippen LogP contribution in [-0.4, -0.2) is 42.3 Å². The Morgan fingerprint density at radius 2 is 1.83 bits per heavy atom. The van der Waals surface area contributed by atoms with Gasteiger partial charge < -0.3 is 19.5 Å². The van der Waals surface area contributed by atoms with Gasteiger partial charge in [-0.3, -0.25) is 9.79 Å². The molecule has 2 aromatic carbocycles. The average molecular weight is 405 g/mol. The molecule has 0 fully saturated rings. The van der Waals surface area contributed by atoms with Crippen LogP contribution in [0.2, 0.25) is 0 Å². The number of rotatable bonds is 6. The Kier molecular flexibility index (Phi) is 6.02. The number of nitrogens with zero attached hydrogens (tertiary/aromatic N) is 3. The van der Waals surface area contributed by atoms with E-state index in [4.69, 9.17) is 4.42 Å². The Balaban J connectivity index is 1.22. The van der Waals surface area contributed by atoms with Gasteiger partial charge in [-0.15, -0.1) is 0 Å². The van der Waals surface area contributed by atoms with Crippen molar-refractivity contribution in [1.82, 2.24) is 15.1 Å². The molecule has 1 aliphatic rings. The highest BCUT2D eigenvalue weighted by atomic mass is 16.3. The van der Waals surface area contributed by atoms with E-state index in [1.807, 2.05) is 53.2 Å². The minimum absolute atomic E-state index is 0.207. The van der Waals surface area contributed by atoms with Crippen molar-refractivity contribution in [3.05, 3.63) is 71.5 Å². The monoisotopic (exact) mass is 404 g/mol. The normalized spacial score (nSPS) is 13.5. The number of carbonyl (C=O) groups is 1. The number of guanidine groups is 1. The molecule has 1 aromatic heterocycles. The van der Waals surface area contributed by atoms with Crippen LogP contribution in [-0.2, 0) is 24.4 Å². The van der Waals surface area contributed by atoms with E-state index < -0.39 is 0 Å². The van der Waals surface area contributed by atoms with Crippen molar-refractivity contribution in [3.8, 4) is 0 Å². The molecule has 30 heavy (non-hydrogen) atoms. The fraction of sp³-hybridized carbons (Fsp3) is 0.333. The lowest BCUT2D eigenvalue weighted by atomic mass is 10.1. The van der Waals surface area contributed by atoms with E-state index in [1.165, 1.54) is 11.1 Å². The van der Waals surface area contributed by atoms with E-state index in [0.29, 0.717) is 19.5 Å². The first-order valence-electron chi connectivity index (χ1n) is 10.4. The van der Waals surface area contributed by atoms with Crippen molar-refractivity contribution in [2.24, 2.45) is 4.99 Å². The lowest BCUT2D eigenvalue weighted by Gasteiger charge is -2.21. The van der Waals surface area contributed by atoms with Crippen molar-refractivity contribution in [2.75, 3.05) is 20.6 Å². The standard InChI is InChI=1S/C24H28N4O2/c1-25-24(27(2)17-21-14-18-8-5-6-11-22(18)30-21)26-13-7-12-23(29)28-15-19-9-3-4-10-20(19)16-28/h3-6,8-11,14H,7,12-13,15-17H2,1-2H3,(H,25,26). The van der Waals surface area contributed by atoms with E-state index in [-0.39, 0.29) is 5.91 Å². The fourth-order valence-electron chi connectivity index (χ4n) is 3.92. The van der Waals surface area contributed by atoms with E-state index in [9.17, 15) is 4.79 Å². The van der Waals surface area contributed by atoms with Crippen LogP contribution < -0.4 is 5.32 Å². The van der Waals surface area contributed by atoms with E-state index in [1.54, 1.807) is 7.05 Å². The molecule has 0 saturated carbocycles. The number of para-hydroxylation sites is 1. The van der Waals surface area contributed by atoms with Crippen LogP contribution in [0, 0.1) is 0 Å². The molecule has 156 valence electrons. The summed E-state index contributed by atoms with van der Waals surface area (Å²) in [5.41, 5.74) is 3.42. The molecule has 0 saturated heterocycles. The van der Waals surface area contributed by atoms with Crippen molar-refractivity contribution in [2.45, 2.75) is 32.5 Å². The maximum atomic E-state index is 12.5. The highest BCUT2D eigenvalue weighted by Gasteiger charge is 2.22. The van der Waals surface area contributed by atoms with E-state index >= 15 is 0 Å². The van der Waals surface area contributed by atoms with Gasteiger partial charge in [0.25, 0.3) is 0 Å². The predicted octanol–water partition coefficient (Wildman–Crippen LogP) is 3.76. The summed E-state index contributed by atoms with van der Waals surface area (Å²) in [6, 6.07) is 18.3. The molecule has 4 rings (SSSR count). The summed E-state index contributed by atoms with van der Waals surface area (Å²) in [5.74, 6) is 1.89. The molecule has 0 radical (unpaired) electrons. The predicted molar refractivity (Wildman–Crippen MR) is 119 cm³/mol. The lowest BCUT2D eigenvalue weighted by molar-refractivity contribution is -0.131. The molecule has 1 N–H and O–H groups in total. The van der Waals surface area contributed by atoms with Gasteiger partial charge in [-0.25, -0.2) is 0 Å². The number of benzene rings is 2. The zero-order valence-electron chi connectivity index (χ0n) is 17.6. The van der Waals surface area contributed by atoms with Crippen LogP contribution in [0.15, 0.2) is 64.0 Å². The van der Waals surface area contributed by atoms with Gasteiger partial charge in [0.1, 0.15) is 11.3 Å². The summed E-state index contributed by atoms with van der Waals surface area (Å²) < 4.78 is 5.90. The number of carbonyl (C=O) groups excluding carboxylic acids is 1. The second kappa shape index (κ2) is 9.03. The third kappa shape index (κ3) is 4.48. The number of hydrogen-bond acceptors (Lipinski definition) is 3. The topological polar surface area (TPSA) is 61.1 Å². The van der Waals surface area contributed by atoms with Crippen LogP contribution in [0.25, 0.3) is 11.0 Å². The third-order valence-corrected chi connectivity index (χ3v) is 5.49. The van der Waals surface area contributed by atoms with Crippen LogP contribution in [0.1, 0.15) is 29.7 Å². The molecule has 6 heteroatoms. The van der Waals surface area contributed by atoms with Gasteiger partial charge in [0.05, 0.1) is 6.54 Å². The molecule has 2 heterocycles. The van der Waals surface area contributed by atoms with Crippen LogP contribution in [0.5, 0.6) is 0 Å². The molecular weight excluding hydrogens is 376 g/mol. The number of amides is 1. The van der Waals surface area contributed by atoms with E-state index in [0.717, 1.165) is 42.2 Å². The fourth-order valence-corrected chi connectivity index (χ4v) is 3.92. The second-order valence-corrected chi connectivity index (χ2v) is 7.70. The Bertz CT molecular complexity index is 998. The first-order chi connectivity index (χ1) is 14.6. The summed E-state index contributed by atoms with van der Waals surface area (Å²) in [6.45, 7) is 2.78. The summed E-state index contributed by atoms with van der Waals surface area (Å²) in [6.07, 6.45) is 1.30. The van der Waals surface area contributed by atoms with Crippen molar-refractivity contribution < 1.29 is 9.21 Å². The minimum atomic E-state index is 0.207. The highest BCUT2D eigenvalue weighted by Crippen LogP contribution is 2.23. The van der Waals surface area contributed by atoms with Gasteiger partial charge in [-0.2, -0.15) is 0 Å².